The summed E-state index contributed by atoms with van der Waals surface area (Å²) in [7, 11) is 0. The Morgan fingerprint density at radius 3 is 2.70 bits per heavy atom. The van der Waals surface area contributed by atoms with Crippen molar-refractivity contribution in [1.82, 2.24) is 4.98 Å². The number of hydrogen-bond acceptors (Lipinski definition) is 4. The standard InChI is InChI=1S/C17H10Cl2N2S2/c1-10-4-5-22-16(10)7-12(8-20)17-21-15(9-23-17)11-2-3-13(18)14(19)6-11/h2-7,9H,1H3/b12-7+. The Bertz CT molecular complexity index is 932. The van der Waals surface area contributed by atoms with Crippen molar-refractivity contribution in [2.75, 3.05) is 0 Å². The zero-order valence-corrected chi connectivity index (χ0v) is 15.2. The van der Waals surface area contributed by atoms with Gasteiger partial charge in [-0.25, -0.2) is 4.98 Å². The number of rotatable bonds is 3. The average molecular weight is 377 g/mol. The third kappa shape index (κ3) is 3.49. The van der Waals surface area contributed by atoms with Crippen molar-refractivity contribution in [2.24, 2.45) is 0 Å². The van der Waals surface area contributed by atoms with Gasteiger partial charge in [0.15, 0.2) is 0 Å². The molecule has 0 unspecified atom stereocenters. The molecule has 0 aliphatic heterocycles. The van der Waals surface area contributed by atoms with Gasteiger partial charge >= 0.3 is 0 Å². The third-order valence-electron chi connectivity index (χ3n) is 3.25. The van der Waals surface area contributed by atoms with Gasteiger partial charge in [0.1, 0.15) is 11.1 Å². The van der Waals surface area contributed by atoms with Crippen LogP contribution in [0.3, 0.4) is 0 Å². The number of allylic oxidation sites excluding steroid dienone is 1. The molecule has 2 nitrogen and oxygen atoms in total. The summed E-state index contributed by atoms with van der Waals surface area (Å²) < 4.78 is 0. The number of thiazole rings is 1. The number of hydrogen-bond donors (Lipinski definition) is 0. The van der Waals surface area contributed by atoms with Crippen molar-refractivity contribution in [3.05, 3.63) is 60.5 Å². The Kier molecular flexibility index (Phi) is 4.84. The van der Waals surface area contributed by atoms with Gasteiger partial charge in [0.05, 0.1) is 21.3 Å². The number of aromatic nitrogens is 1. The van der Waals surface area contributed by atoms with Crippen LogP contribution in [0.5, 0.6) is 0 Å². The molecule has 6 heteroatoms. The maximum atomic E-state index is 9.44. The van der Waals surface area contributed by atoms with Gasteiger partial charge in [-0.1, -0.05) is 29.3 Å². The summed E-state index contributed by atoms with van der Waals surface area (Å²) in [5.41, 5.74) is 3.38. The van der Waals surface area contributed by atoms with Crippen LogP contribution in [-0.4, -0.2) is 4.98 Å². The number of aryl methyl sites for hydroxylation is 1. The minimum absolute atomic E-state index is 0.490. The largest absolute Gasteiger partial charge is 0.235 e. The molecule has 0 spiro atoms. The van der Waals surface area contributed by atoms with Gasteiger partial charge in [-0.15, -0.1) is 22.7 Å². The Morgan fingerprint density at radius 1 is 1.22 bits per heavy atom. The van der Waals surface area contributed by atoms with Crippen LogP contribution >= 0.6 is 45.9 Å². The van der Waals surface area contributed by atoms with Gasteiger partial charge in [0.2, 0.25) is 0 Å². The molecule has 0 aliphatic rings. The minimum atomic E-state index is 0.490. The zero-order valence-electron chi connectivity index (χ0n) is 12.0. The van der Waals surface area contributed by atoms with E-state index >= 15 is 0 Å². The summed E-state index contributed by atoms with van der Waals surface area (Å²) >= 11 is 15.0. The predicted molar refractivity (Wildman–Crippen MR) is 100 cm³/mol. The van der Waals surface area contributed by atoms with E-state index in [-0.39, 0.29) is 0 Å². The number of nitriles is 1. The Hall–Kier alpha value is -1.64. The molecule has 0 fully saturated rings. The van der Waals surface area contributed by atoms with Crippen molar-refractivity contribution in [2.45, 2.75) is 6.92 Å². The van der Waals surface area contributed by atoms with Crippen LogP contribution in [0.4, 0.5) is 0 Å². The van der Waals surface area contributed by atoms with Crippen LogP contribution < -0.4 is 0 Å². The molecule has 114 valence electrons. The van der Waals surface area contributed by atoms with Gasteiger partial charge in [-0.2, -0.15) is 5.26 Å². The van der Waals surface area contributed by atoms with E-state index in [1.54, 1.807) is 23.5 Å². The molecule has 0 amide bonds. The number of thiophene rings is 1. The fourth-order valence-corrected chi connectivity index (χ4v) is 3.94. The van der Waals surface area contributed by atoms with E-state index in [0.29, 0.717) is 20.6 Å². The fraction of sp³-hybridized carbons (Fsp3) is 0.0588. The quantitative estimate of drug-likeness (QED) is 0.485. The monoisotopic (exact) mass is 376 g/mol. The maximum absolute atomic E-state index is 9.44. The van der Waals surface area contributed by atoms with Crippen LogP contribution in [-0.2, 0) is 0 Å². The van der Waals surface area contributed by atoms with Crippen LogP contribution in [0.15, 0.2) is 35.0 Å². The molecule has 0 atom stereocenters. The predicted octanol–water partition coefficient (Wildman–Crippen LogP) is 6.55. The first kappa shape index (κ1) is 16.2. The molecule has 0 saturated heterocycles. The van der Waals surface area contributed by atoms with Crippen molar-refractivity contribution >= 4 is 57.5 Å². The Morgan fingerprint density at radius 2 is 2.04 bits per heavy atom. The van der Waals surface area contributed by atoms with Crippen molar-refractivity contribution in [3.8, 4) is 17.3 Å². The summed E-state index contributed by atoms with van der Waals surface area (Å²) in [6.45, 7) is 2.03. The number of halogens is 2. The lowest BCUT2D eigenvalue weighted by Crippen LogP contribution is -1.83. The zero-order chi connectivity index (χ0) is 16.4. The van der Waals surface area contributed by atoms with Gasteiger partial charge in [0.25, 0.3) is 0 Å². The molecule has 2 aromatic heterocycles. The summed E-state index contributed by atoms with van der Waals surface area (Å²) in [5, 5.41) is 15.1. The molecule has 1 aromatic carbocycles. The highest BCUT2D eigenvalue weighted by atomic mass is 35.5. The molecule has 3 rings (SSSR count). The van der Waals surface area contributed by atoms with Crippen molar-refractivity contribution in [1.29, 1.82) is 5.26 Å². The summed E-state index contributed by atoms with van der Waals surface area (Å²) in [4.78, 5) is 5.64. The molecule has 0 N–H and O–H groups in total. The van der Waals surface area contributed by atoms with E-state index in [1.807, 2.05) is 35.9 Å². The molecule has 0 aliphatic carbocycles. The van der Waals surface area contributed by atoms with E-state index in [1.165, 1.54) is 11.3 Å². The van der Waals surface area contributed by atoms with Crippen LogP contribution in [0.25, 0.3) is 22.9 Å². The minimum Gasteiger partial charge on any atom is -0.235 e. The second kappa shape index (κ2) is 6.86. The fourth-order valence-electron chi connectivity index (χ4n) is 1.99. The second-order valence-corrected chi connectivity index (χ2v) is 7.42. The van der Waals surface area contributed by atoms with E-state index in [0.717, 1.165) is 21.7 Å². The smallest absolute Gasteiger partial charge is 0.134 e. The first-order valence-corrected chi connectivity index (χ1v) is 9.17. The molecular formula is C17H10Cl2N2S2. The number of benzene rings is 1. The average Bonchev–Trinajstić information content (AvgIpc) is 3.17. The summed E-state index contributed by atoms with van der Waals surface area (Å²) in [6, 6.07) is 9.67. The molecule has 0 saturated carbocycles. The normalized spacial score (nSPS) is 11.5. The van der Waals surface area contributed by atoms with Crippen molar-refractivity contribution in [3.63, 3.8) is 0 Å². The van der Waals surface area contributed by atoms with Gasteiger partial charge < -0.3 is 0 Å². The first-order valence-electron chi connectivity index (χ1n) is 6.65. The van der Waals surface area contributed by atoms with Gasteiger partial charge in [0, 0.05) is 15.8 Å². The third-order valence-corrected chi connectivity index (χ3v) is 5.83. The molecule has 23 heavy (non-hydrogen) atoms. The number of nitrogens with zero attached hydrogens (tertiary/aromatic N) is 2. The van der Waals surface area contributed by atoms with E-state index in [4.69, 9.17) is 23.2 Å². The second-order valence-electron chi connectivity index (χ2n) is 4.80. The topological polar surface area (TPSA) is 36.7 Å². The molecule has 3 aromatic rings. The lowest BCUT2D eigenvalue weighted by atomic mass is 10.2. The Labute approximate surface area is 152 Å². The van der Waals surface area contributed by atoms with Crippen LogP contribution in [0, 0.1) is 18.3 Å². The highest BCUT2D eigenvalue weighted by Gasteiger charge is 2.11. The molecule has 0 radical (unpaired) electrons. The highest BCUT2D eigenvalue weighted by molar-refractivity contribution is 7.12. The SMILES string of the molecule is Cc1ccsc1/C=C(\C#N)c1nc(-c2ccc(Cl)c(Cl)c2)cs1. The molecular weight excluding hydrogens is 367 g/mol. The van der Waals surface area contributed by atoms with E-state index in [2.05, 4.69) is 11.1 Å². The summed E-state index contributed by atoms with van der Waals surface area (Å²) in [5.74, 6) is 0. The summed E-state index contributed by atoms with van der Waals surface area (Å²) in [6.07, 6.45) is 1.89. The van der Waals surface area contributed by atoms with E-state index < -0.39 is 0 Å². The van der Waals surface area contributed by atoms with E-state index in [9.17, 15) is 5.26 Å². The van der Waals surface area contributed by atoms with Crippen LogP contribution in [0.1, 0.15) is 15.4 Å². The molecule has 0 bridgehead atoms. The van der Waals surface area contributed by atoms with Crippen molar-refractivity contribution < 1.29 is 0 Å². The lowest BCUT2D eigenvalue weighted by molar-refractivity contribution is 1.37. The Balaban J connectivity index is 1.97. The highest BCUT2D eigenvalue weighted by Crippen LogP contribution is 2.32. The maximum Gasteiger partial charge on any atom is 0.134 e. The van der Waals surface area contributed by atoms with Crippen LogP contribution in [0.2, 0.25) is 10.0 Å². The first-order chi connectivity index (χ1) is 11.1. The molecule has 2 heterocycles. The van der Waals surface area contributed by atoms with Gasteiger partial charge in [-0.3, -0.25) is 0 Å². The lowest BCUT2D eigenvalue weighted by Gasteiger charge is -1.99. The van der Waals surface area contributed by atoms with Gasteiger partial charge in [-0.05, 0) is 42.1 Å².